The smallest absolute Gasteiger partial charge is 0.269 e. The molecule has 2 heterocycles. The number of carbonyl (C=O) groups is 1. The van der Waals surface area contributed by atoms with Crippen molar-refractivity contribution in [2.24, 2.45) is 0 Å². The second-order valence-electron chi connectivity index (χ2n) is 6.87. The molecule has 0 N–H and O–H groups in total. The Bertz CT molecular complexity index is 906. The molecule has 0 radical (unpaired) electrons. The van der Waals surface area contributed by atoms with Crippen molar-refractivity contribution >= 4 is 15.9 Å². The third-order valence-corrected chi connectivity index (χ3v) is 7.09. The highest BCUT2D eigenvalue weighted by Crippen LogP contribution is 2.38. The van der Waals surface area contributed by atoms with Gasteiger partial charge in [-0.1, -0.05) is 42.5 Å². The fraction of sp³-hybridized carbons (Fsp3) is 0.350. The van der Waals surface area contributed by atoms with Crippen molar-refractivity contribution in [1.29, 1.82) is 0 Å². The zero-order valence-corrected chi connectivity index (χ0v) is 15.4. The molecule has 4 rings (SSSR count). The first-order valence-corrected chi connectivity index (χ1v) is 10.5. The Labute approximate surface area is 154 Å². The second kappa shape index (κ2) is 6.85. The van der Waals surface area contributed by atoms with E-state index in [2.05, 4.69) is 4.90 Å². The molecule has 2 aromatic rings. The molecular formula is C20H22N2O3S. The molecule has 0 aliphatic carbocycles. The molecule has 2 aliphatic heterocycles. The number of hydrogen-bond donors (Lipinski definition) is 0. The summed E-state index contributed by atoms with van der Waals surface area (Å²) < 4.78 is 27.3. The Kier molecular flexibility index (Phi) is 4.54. The number of amides is 1. The van der Waals surface area contributed by atoms with E-state index in [-0.39, 0.29) is 10.5 Å². The molecule has 136 valence electrons. The fourth-order valence-electron chi connectivity index (χ4n) is 3.92. The lowest BCUT2D eigenvalue weighted by molar-refractivity contribution is 0.0821. The van der Waals surface area contributed by atoms with Gasteiger partial charge in [-0.2, -0.15) is 0 Å². The number of fused-ring (bicyclic) bond motifs is 1. The van der Waals surface area contributed by atoms with Gasteiger partial charge in [0.1, 0.15) is 4.90 Å². The van der Waals surface area contributed by atoms with Crippen LogP contribution in [0.15, 0.2) is 59.5 Å². The maximum absolute atomic E-state index is 13.1. The summed E-state index contributed by atoms with van der Waals surface area (Å²) in [5.74, 6) is -0.420. The first kappa shape index (κ1) is 17.2. The maximum atomic E-state index is 13.1. The Balaban J connectivity index is 1.71. The molecule has 1 atom stereocenters. The number of likely N-dealkylation sites (tertiary alicyclic amines) is 1. The van der Waals surface area contributed by atoms with Crippen LogP contribution in [-0.2, 0) is 10.0 Å². The quantitative estimate of drug-likeness (QED) is 0.812. The van der Waals surface area contributed by atoms with E-state index in [0.29, 0.717) is 6.42 Å². The van der Waals surface area contributed by atoms with E-state index < -0.39 is 22.0 Å². The van der Waals surface area contributed by atoms with Gasteiger partial charge in [0, 0.05) is 6.54 Å². The van der Waals surface area contributed by atoms with Crippen molar-refractivity contribution < 1.29 is 13.2 Å². The van der Waals surface area contributed by atoms with Crippen LogP contribution in [0.3, 0.4) is 0 Å². The fourth-order valence-corrected chi connectivity index (χ4v) is 5.69. The summed E-state index contributed by atoms with van der Waals surface area (Å²) in [6.07, 6.45) is 2.97. The largest absolute Gasteiger partial charge is 0.303 e. The highest BCUT2D eigenvalue weighted by Gasteiger charge is 2.45. The molecule has 0 saturated carbocycles. The number of nitrogens with zero attached hydrogens (tertiary/aromatic N) is 2. The van der Waals surface area contributed by atoms with E-state index in [1.165, 1.54) is 18.9 Å². The average Bonchev–Trinajstić information content (AvgIpc) is 3.24. The van der Waals surface area contributed by atoms with Crippen LogP contribution < -0.4 is 0 Å². The molecule has 1 fully saturated rings. The lowest BCUT2D eigenvalue weighted by Gasteiger charge is -2.29. The lowest BCUT2D eigenvalue weighted by atomic mass is 10.0. The minimum Gasteiger partial charge on any atom is -0.303 e. The van der Waals surface area contributed by atoms with Crippen LogP contribution in [0.4, 0.5) is 0 Å². The zero-order valence-electron chi connectivity index (χ0n) is 14.5. The number of benzene rings is 2. The average molecular weight is 370 g/mol. The standard InChI is InChI=1S/C20H22N2O3S/c23-20-17-10-4-5-11-19(17)26(24,25)22(20)18(16-8-2-1-3-9-16)12-15-21-13-6-7-14-21/h1-5,8-11,18H,6-7,12-15H2. The van der Waals surface area contributed by atoms with Gasteiger partial charge in [0.05, 0.1) is 11.6 Å². The normalized spacial score (nSPS) is 20.3. The van der Waals surface area contributed by atoms with E-state index >= 15 is 0 Å². The van der Waals surface area contributed by atoms with Crippen LogP contribution in [0, 0.1) is 0 Å². The molecule has 2 aliphatic rings. The third kappa shape index (κ3) is 2.93. The van der Waals surface area contributed by atoms with Gasteiger partial charge in [0.2, 0.25) is 0 Å². The van der Waals surface area contributed by atoms with Gasteiger partial charge in [-0.15, -0.1) is 0 Å². The molecule has 0 aromatic heterocycles. The van der Waals surface area contributed by atoms with E-state index in [1.54, 1.807) is 18.2 Å². The summed E-state index contributed by atoms with van der Waals surface area (Å²) in [4.78, 5) is 15.4. The van der Waals surface area contributed by atoms with Crippen LogP contribution in [0.1, 0.15) is 41.2 Å². The molecule has 5 nitrogen and oxygen atoms in total. The molecule has 1 saturated heterocycles. The van der Waals surface area contributed by atoms with Gasteiger partial charge >= 0.3 is 0 Å². The van der Waals surface area contributed by atoms with Crippen molar-refractivity contribution in [1.82, 2.24) is 9.21 Å². The minimum absolute atomic E-state index is 0.118. The number of carbonyl (C=O) groups excluding carboxylic acids is 1. The van der Waals surface area contributed by atoms with Crippen LogP contribution in [0.25, 0.3) is 0 Å². The summed E-state index contributed by atoms with van der Waals surface area (Å²) in [5, 5.41) is 0. The highest BCUT2D eigenvalue weighted by atomic mass is 32.2. The van der Waals surface area contributed by atoms with Gasteiger partial charge in [-0.25, -0.2) is 12.7 Å². The third-order valence-electron chi connectivity index (χ3n) is 5.24. The molecular weight excluding hydrogens is 348 g/mol. The number of rotatable bonds is 5. The molecule has 0 bridgehead atoms. The van der Waals surface area contributed by atoms with Crippen molar-refractivity contribution in [3.8, 4) is 0 Å². The zero-order chi connectivity index (χ0) is 18.1. The van der Waals surface area contributed by atoms with Crippen molar-refractivity contribution in [3.63, 3.8) is 0 Å². The molecule has 6 heteroatoms. The highest BCUT2D eigenvalue weighted by molar-refractivity contribution is 7.90. The molecule has 2 aromatic carbocycles. The SMILES string of the molecule is O=C1c2ccccc2S(=O)(=O)N1C(CCN1CCCC1)c1ccccc1. The van der Waals surface area contributed by atoms with Gasteiger partial charge in [0.15, 0.2) is 0 Å². The Morgan fingerprint density at radius 2 is 1.58 bits per heavy atom. The van der Waals surface area contributed by atoms with Gasteiger partial charge < -0.3 is 4.90 Å². The Morgan fingerprint density at radius 3 is 2.27 bits per heavy atom. The van der Waals surface area contributed by atoms with Gasteiger partial charge in [-0.05, 0) is 50.0 Å². The second-order valence-corrected chi connectivity index (χ2v) is 8.65. The van der Waals surface area contributed by atoms with Crippen molar-refractivity contribution in [2.75, 3.05) is 19.6 Å². The van der Waals surface area contributed by atoms with Gasteiger partial charge in [0.25, 0.3) is 15.9 Å². The van der Waals surface area contributed by atoms with Crippen LogP contribution >= 0.6 is 0 Å². The van der Waals surface area contributed by atoms with Crippen LogP contribution in [-0.4, -0.2) is 43.2 Å². The van der Waals surface area contributed by atoms with E-state index in [0.717, 1.165) is 29.5 Å². The summed E-state index contributed by atoms with van der Waals surface area (Å²) in [7, 11) is -3.82. The van der Waals surface area contributed by atoms with Crippen molar-refractivity contribution in [2.45, 2.75) is 30.2 Å². The molecule has 1 unspecified atom stereocenters. The van der Waals surface area contributed by atoms with E-state index in [4.69, 9.17) is 0 Å². The molecule has 26 heavy (non-hydrogen) atoms. The monoisotopic (exact) mass is 370 g/mol. The minimum atomic E-state index is -3.82. The van der Waals surface area contributed by atoms with Crippen LogP contribution in [0.5, 0.6) is 0 Å². The molecule has 0 spiro atoms. The lowest BCUT2D eigenvalue weighted by Crippen LogP contribution is -2.36. The Morgan fingerprint density at radius 1 is 0.923 bits per heavy atom. The number of hydrogen-bond acceptors (Lipinski definition) is 4. The Hall–Kier alpha value is -2.18. The summed E-state index contributed by atoms with van der Waals surface area (Å²) in [5.41, 5.74) is 1.13. The topological polar surface area (TPSA) is 57.7 Å². The molecule has 1 amide bonds. The summed E-state index contributed by atoms with van der Waals surface area (Å²) in [6, 6.07) is 15.5. The van der Waals surface area contributed by atoms with Crippen LogP contribution in [0.2, 0.25) is 0 Å². The first-order chi connectivity index (χ1) is 12.6. The van der Waals surface area contributed by atoms with E-state index in [9.17, 15) is 13.2 Å². The predicted molar refractivity (Wildman–Crippen MR) is 99.3 cm³/mol. The first-order valence-electron chi connectivity index (χ1n) is 9.04. The van der Waals surface area contributed by atoms with Crippen molar-refractivity contribution in [3.05, 3.63) is 65.7 Å². The van der Waals surface area contributed by atoms with E-state index in [1.807, 2.05) is 30.3 Å². The van der Waals surface area contributed by atoms with Gasteiger partial charge in [-0.3, -0.25) is 4.79 Å². The summed E-state index contributed by atoms with van der Waals surface area (Å²) in [6.45, 7) is 2.88. The number of sulfonamides is 1. The predicted octanol–water partition coefficient (Wildman–Crippen LogP) is 3.06. The summed E-state index contributed by atoms with van der Waals surface area (Å²) >= 11 is 0. The maximum Gasteiger partial charge on any atom is 0.269 e.